The first-order valence-corrected chi connectivity index (χ1v) is 7.84. The van der Waals surface area contributed by atoms with Crippen LogP contribution in [0.4, 0.5) is 0 Å². The molecule has 4 nitrogen and oxygen atoms in total. The monoisotopic (exact) mass is 270 g/mol. The first-order valence-electron chi connectivity index (χ1n) is 6.45. The highest BCUT2D eigenvalue weighted by Crippen LogP contribution is 2.23. The van der Waals surface area contributed by atoms with Gasteiger partial charge in [-0.1, -0.05) is 0 Å². The van der Waals surface area contributed by atoms with E-state index >= 15 is 0 Å². The van der Waals surface area contributed by atoms with Gasteiger partial charge in [-0.05, 0) is 34.1 Å². The smallest absolute Gasteiger partial charge is 0.0951 e. The van der Waals surface area contributed by atoms with Crippen LogP contribution in [0.1, 0.15) is 38.5 Å². The lowest BCUT2D eigenvalue weighted by atomic mass is 10.1. The number of rotatable bonds is 7. The maximum absolute atomic E-state index is 5.98. The summed E-state index contributed by atoms with van der Waals surface area (Å²) in [5.74, 6) is 1.11. The molecular formula is C13H26N4S. The molecule has 1 aromatic heterocycles. The van der Waals surface area contributed by atoms with Crippen molar-refractivity contribution in [1.82, 2.24) is 14.5 Å². The molecule has 0 aromatic carbocycles. The van der Waals surface area contributed by atoms with E-state index in [1.165, 1.54) is 5.69 Å². The van der Waals surface area contributed by atoms with Gasteiger partial charge in [0.2, 0.25) is 0 Å². The number of imidazole rings is 1. The quantitative estimate of drug-likeness (QED) is 0.824. The molecule has 0 fully saturated rings. The van der Waals surface area contributed by atoms with Gasteiger partial charge in [0.15, 0.2) is 0 Å². The predicted octanol–water partition coefficient (Wildman–Crippen LogP) is 2.15. The van der Waals surface area contributed by atoms with Crippen molar-refractivity contribution in [3.05, 3.63) is 18.2 Å². The number of hydrogen-bond donors (Lipinski definition) is 1. The van der Waals surface area contributed by atoms with Crippen molar-refractivity contribution < 1.29 is 0 Å². The maximum Gasteiger partial charge on any atom is 0.0951 e. The summed E-state index contributed by atoms with van der Waals surface area (Å²) in [5, 5.41) is 0. The molecule has 0 aliphatic heterocycles. The Balaban J connectivity index is 2.91. The van der Waals surface area contributed by atoms with E-state index in [1.54, 1.807) is 0 Å². The lowest BCUT2D eigenvalue weighted by Crippen LogP contribution is -2.39. The van der Waals surface area contributed by atoms with E-state index in [1.807, 2.05) is 24.3 Å². The minimum Gasteiger partial charge on any atom is -0.331 e. The van der Waals surface area contributed by atoms with Crippen LogP contribution in [0.5, 0.6) is 0 Å². The second-order valence-corrected chi connectivity index (χ2v) is 5.95. The van der Waals surface area contributed by atoms with Gasteiger partial charge in [0.05, 0.1) is 18.1 Å². The molecule has 104 valence electrons. The SMILES string of the molecule is CSCC(C)N(C)C(CN)c1cncn1C(C)C. The Morgan fingerprint density at radius 2 is 2.11 bits per heavy atom. The Kier molecular flexibility index (Phi) is 6.18. The van der Waals surface area contributed by atoms with E-state index in [4.69, 9.17) is 5.73 Å². The molecule has 0 amide bonds. The van der Waals surface area contributed by atoms with Crippen molar-refractivity contribution in [2.75, 3.05) is 25.6 Å². The molecule has 2 unspecified atom stereocenters. The van der Waals surface area contributed by atoms with Crippen LogP contribution in [0.15, 0.2) is 12.5 Å². The molecule has 2 atom stereocenters. The van der Waals surface area contributed by atoms with E-state index in [9.17, 15) is 0 Å². The number of nitrogens with zero attached hydrogens (tertiary/aromatic N) is 3. The van der Waals surface area contributed by atoms with Crippen molar-refractivity contribution in [3.63, 3.8) is 0 Å². The van der Waals surface area contributed by atoms with Crippen molar-refractivity contribution >= 4 is 11.8 Å². The Morgan fingerprint density at radius 3 is 2.61 bits per heavy atom. The van der Waals surface area contributed by atoms with Crippen LogP contribution in [-0.4, -0.2) is 46.1 Å². The van der Waals surface area contributed by atoms with Gasteiger partial charge in [-0.3, -0.25) is 4.90 Å². The van der Waals surface area contributed by atoms with Crippen LogP contribution in [0.3, 0.4) is 0 Å². The molecule has 1 heterocycles. The van der Waals surface area contributed by atoms with E-state index < -0.39 is 0 Å². The average Bonchev–Trinajstić information content (AvgIpc) is 2.79. The summed E-state index contributed by atoms with van der Waals surface area (Å²) in [7, 11) is 2.15. The molecule has 0 saturated carbocycles. The Hall–Kier alpha value is -0.520. The Bertz CT molecular complexity index is 351. The van der Waals surface area contributed by atoms with Crippen LogP contribution < -0.4 is 5.73 Å². The zero-order chi connectivity index (χ0) is 13.7. The van der Waals surface area contributed by atoms with Gasteiger partial charge in [-0.15, -0.1) is 0 Å². The molecule has 0 saturated heterocycles. The fourth-order valence-corrected chi connectivity index (χ4v) is 2.88. The zero-order valence-electron chi connectivity index (χ0n) is 12.1. The molecular weight excluding hydrogens is 244 g/mol. The molecule has 0 spiro atoms. The van der Waals surface area contributed by atoms with Crippen molar-refractivity contribution in [1.29, 1.82) is 0 Å². The second kappa shape index (κ2) is 7.16. The fraction of sp³-hybridized carbons (Fsp3) is 0.769. The fourth-order valence-electron chi connectivity index (χ4n) is 2.17. The largest absolute Gasteiger partial charge is 0.331 e. The third-order valence-electron chi connectivity index (χ3n) is 3.41. The number of thioether (sulfide) groups is 1. The number of aromatic nitrogens is 2. The van der Waals surface area contributed by atoms with Crippen molar-refractivity contribution in [3.8, 4) is 0 Å². The van der Waals surface area contributed by atoms with E-state index in [0.717, 1.165) is 5.75 Å². The highest BCUT2D eigenvalue weighted by molar-refractivity contribution is 7.98. The average molecular weight is 270 g/mol. The number of nitrogens with two attached hydrogens (primary N) is 1. The van der Waals surface area contributed by atoms with Gasteiger partial charge in [0.25, 0.3) is 0 Å². The van der Waals surface area contributed by atoms with Crippen molar-refractivity contribution in [2.24, 2.45) is 5.73 Å². The third-order valence-corrected chi connectivity index (χ3v) is 4.23. The number of hydrogen-bond acceptors (Lipinski definition) is 4. The molecule has 0 radical (unpaired) electrons. The van der Waals surface area contributed by atoms with E-state index in [2.05, 4.69) is 48.5 Å². The maximum atomic E-state index is 5.98. The van der Waals surface area contributed by atoms with Gasteiger partial charge in [-0.2, -0.15) is 11.8 Å². The highest BCUT2D eigenvalue weighted by Gasteiger charge is 2.23. The molecule has 18 heavy (non-hydrogen) atoms. The van der Waals surface area contributed by atoms with Crippen molar-refractivity contribution in [2.45, 2.75) is 38.9 Å². The van der Waals surface area contributed by atoms with Crippen LogP contribution in [-0.2, 0) is 0 Å². The van der Waals surface area contributed by atoms with Gasteiger partial charge in [0.1, 0.15) is 0 Å². The highest BCUT2D eigenvalue weighted by atomic mass is 32.2. The van der Waals surface area contributed by atoms with Gasteiger partial charge >= 0.3 is 0 Å². The molecule has 1 rings (SSSR count). The molecule has 0 aliphatic carbocycles. The summed E-state index contributed by atoms with van der Waals surface area (Å²) >= 11 is 1.87. The number of likely N-dealkylation sites (N-methyl/N-ethyl adjacent to an activating group) is 1. The molecule has 0 bridgehead atoms. The van der Waals surface area contributed by atoms with Crippen LogP contribution in [0.25, 0.3) is 0 Å². The summed E-state index contributed by atoms with van der Waals surface area (Å²) in [5.41, 5.74) is 7.19. The van der Waals surface area contributed by atoms with Crippen LogP contribution >= 0.6 is 11.8 Å². The van der Waals surface area contributed by atoms with Gasteiger partial charge in [0, 0.05) is 30.6 Å². The van der Waals surface area contributed by atoms with Gasteiger partial charge < -0.3 is 10.3 Å². The molecule has 0 aliphatic rings. The lowest BCUT2D eigenvalue weighted by Gasteiger charge is -2.33. The minimum absolute atomic E-state index is 0.233. The summed E-state index contributed by atoms with van der Waals surface area (Å²) in [4.78, 5) is 6.63. The Morgan fingerprint density at radius 1 is 1.44 bits per heavy atom. The molecule has 2 N–H and O–H groups in total. The summed E-state index contributed by atoms with van der Waals surface area (Å²) in [6.07, 6.45) is 5.98. The van der Waals surface area contributed by atoms with Gasteiger partial charge in [-0.25, -0.2) is 4.98 Å². The molecule has 1 aromatic rings. The summed E-state index contributed by atoms with van der Waals surface area (Å²) < 4.78 is 2.21. The zero-order valence-corrected chi connectivity index (χ0v) is 12.9. The predicted molar refractivity (Wildman–Crippen MR) is 80.0 cm³/mol. The normalized spacial score (nSPS) is 15.3. The first kappa shape index (κ1) is 15.5. The van der Waals surface area contributed by atoms with Crippen LogP contribution in [0, 0.1) is 0 Å². The minimum atomic E-state index is 0.233. The summed E-state index contributed by atoms with van der Waals surface area (Å²) in [6, 6.07) is 1.15. The Labute approximate surface area is 115 Å². The van der Waals surface area contributed by atoms with E-state index in [0.29, 0.717) is 18.6 Å². The first-order chi connectivity index (χ1) is 8.52. The topological polar surface area (TPSA) is 47.1 Å². The molecule has 5 heteroatoms. The summed E-state index contributed by atoms with van der Waals surface area (Å²) in [6.45, 7) is 7.21. The van der Waals surface area contributed by atoms with Crippen LogP contribution in [0.2, 0.25) is 0 Å². The van der Waals surface area contributed by atoms with E-state index in [-0.39, 0.29) is 6.04 Å². The second-order valence-electron chi connectivity index (χ2n) is 5.04. The standard InChI is InChI=1S/C13H26N4S/c1-10(2)17-9-15-7-13(17)12(6-14)16(4)11(3)8-18-5/h7,9-12H,6,8,14H2,1-5H3. The lowest BCUT2D eigenvalue weighted by molar-refractivity contribution is 0.195. The third kappa shape index (κ3) is 3.49.